The lowest BCUT2D eigenvalue weighted by molar-refractivity contribution is -0.0991. The number of morpholine rings is 3. The molecule has 5 aliphatic rings. The van der Waals surface area contributed by atoms with Gasteiger partial charge in [0.2, 0.25) is 0 Å². The van der Waals surface area contributed by atoms with Gasteiger partial charge in [-0.15, -0.1) is 0 Å². The molecule has 0 aromatic heterocycles. The summed E-state index contributed by atoms with van der Waals surface area (Å²) < 4.78 is 17.7. The van der Waals surface area contributed by atoms with Gasteiger partial charge in [-0.25, -0.2) is 0 Å². The molecule has 0 radical (unpaired) electrons. The second kappa shape index (κ2) is 30.4. The number of rotatable bonds is 13. The first-order valence-corrected chi connectivity index (χ1v) is 28.4. The van der Waals surface area contributed by atoms with Crippen molar-refractivity contribution in [3.05, 3.63) is 0 Å². The lowest BCUT2D eigenvalue weighted by atomic mass is 9.84. The number of nitrogens with zero attached hydrogens (tertiary/aromatic N) is 8. The van der Waals surface area contributed by atoms with Gasteiger partial charge in [-0.2, -0.15) is 0 Å². The fraction of sp³-hybridized carbons (Fsp3) is 1.00. The number of hydrogen-bond acceptors (Lipinski definition) is 13. The van der Waals surface area contributed by atoms with Crippen LogP contribution >= 0.6 is 0 Å². The Morgan fingerprint density at radius 3 is 0.761 bits per heavy atom. The largest absolute Gasteiger partial charge is 0.390 e. The Morgan fingerprint density at radius 2 is 0.577 bits per heavy atom. The normalized spacial score (nSPS) is 25.8. The second-order valence-corrected chi connectivity index (χ2v) is 26.7. The van der Waals surface area contributed by atoms with Crippen LogP contribution in [0.4, 0.5) is 0 Å². The molecule has 0 spiro atoms. The molecule has 0 saturated carbocycles. The SMILES string of the molecule is CC(C)N1CCCC(C(C)(C)O)C1.CC(C)N1CCC[C@@H](C(C)(C)O)C1.CC(C)N1CCOC(C(C)(C)N(C)C)C1.CC(C)N1CCO[C@@H](C(C)(C)N(C)C)C1.CC(C)N1CCO[C@H](C(C)(C)N(C)C)C1. The van der Waals surface area contributed by atoms with Crippen molar-refractivity contribution in [2.45, 2.75) is 240 Å². The summed E-state index contributed by atoms with van der Waals surface area (Å²) in [6, 6.07) is 3.09. The molecule has 5 fully saturated rings. The zero-order valence-electron chi connectivity index (χ0n) is 52.0. The van der Waals surface area contributed by atoms with Crippen LogP contribution in [0.25, 0.3) is 0 Å². The third-order valence-corrected chi connectivity index (χ3v) is 17.7. The van der Waals surface area contributed by atoms with Gasteiger partial charge in [-0.05, 0) is 231 Å². The number of likely N-dealkylation sites (tertiary alicyclic amines) is 2. The predicted octanol–water partition coefficient (Wildman–Crippen LogP) is 8.06. The predicted molar refractivity (Wildman–Crippen MR) is 304 cm³/mol. The molecule has 5 aliphatic heterocycles. The highest BCUT2D eigenvalue weighted by Gasteiger charge is 2.39. The van der Waals surface area contributed by atoms with Crippen LogP contribution in [0.1, 0.15) is 164 Å². The summed E-state index contributed by atoms with van der Waals surface area (Å²) in [5, 5.41) is 19.8. The zero-order valence-corrected chi connectivity index (χ0v) is 52.0. The van der Waals surface area contributed by atoms with Crippen LogP contribution in [-0.4, -0.2) is 253 Å². The van der Waals surface area contributed by atoms with E-state index in [4.69, 9.17) is 14.2 Å². The monoisotopic (exact) mass is 1010 g/mol. The number of aliphatic hydroxyl groups is 2. The second-order valence-electron chi connectivity index (χ2n) is 26.7. The van der Waals surface area contributed by atoms with E-state index in [2.05, 4.69) is 192 Å². The summed E-state index contributed by atoms with van der Waals surface area (Å²) in [5.74, 6) is 0.896. The van der Waals surface area contributed by atoms with Crippen molar-refractivity contribution in [3.63, 3.8) is 0 Å². The van der Waals surface area contributed by atoms with Gasteiger partial charge in [0, 0.05) is 99.2 Å². The third-order valence-electron chi connectivity index (χ3n) is 17.7. The fourth-order valence-corrected chi connectivity index (χ4v) is 9.66. The van der Waals surface area contributed by atoms with Crippen LogP contribution < -0.4 is 0 Å². The average molecular weight is 1010 g/mol. The van der Waals surface area contributed by atoms with Gasteiger partial charge in [0.15, 0.2) is 0 Å². The molecule has 5 saturated heterocycles. The van der Waals surface area contributed by atoms with Crippen molar-refractivity contribution in [3.8, 4) is 0 Å². The number of ether oxygens (including phenoxy) is 3. The molecule has 13 nitrogen and oxygen atoms in total. The first-order valence-electron chi connectivity index (χ1n) is 28.4. The lowest BCUT2D eigenvalue weighted by Crippen LogP contribution is -2.58. The Hall–Kier alpha value is -0.520. The van der Waals surface area contributed by atoms with Crippen molar-refractivity contribution < 1.29 is 24.4 Å². The maximum atomic E-state index is 9.92. The molecule has 5 atom stereocenters. The van der Waals surface area contributed by atoms with Gasteiger partial charge in [0.05, 0.1) is 49.3 Å². The minimum atomic E-state index is -0.506. The average Bonchev–Trinajstić information content (AvgIpc) is 3.29. The van der Waals surface area contributed by atoms with Crippen LogP contribution in [0.3, 0.4) is 0 Å². The van der Waals surface area contributed by atoms with E-state index >= 15 is 0 Å². The molecular weight excluding hydrogens is 889 g/mol. The molecule has 5 rings (SSSR count). The van der Waals surface area contributed by atoms with E-state index in [9.17, 15) is 10.2 Å². The number of likely N-dealkylation sites (N-methyl/N-ethyl adjacent to an activating group) is 3. The molecule has 2 N–H and O–H groups in total. The Kier molecular flexibility index (Phi) is 29.4. The van der Waals surface area contributed by atoms with Crippen molar-refractivity contribution in [1.82, 2.24) is 39.2 Å². The molecule has 0 bridgehead atoms. The highest BCUT2D eigenvalue weighted by molar-refractivity contribution is 4.94. The molecule has 2 unspecified atom stereocenters. The van der Waals surface area contributed by atoms with Crippen LogP contribution in [-0.2, 0) is 14.2 Å². The fourth-order valence-electron chi connectivity index (χ4n) is 9.66. The van der Waals surface area contributed by atoms with E-state index < -0.39 is 11.2 Å². The van der Waals surface area contributed by atoms with Crippen LogP contribution in [0.5, 0.6) is 0 Å². The van der Waals surface area contributed by atoms with E-state index in [0.29, 0.717) is 60.4 Å². The molecule has 0 amide bonds. The van der Waals surface area contributed by atoms with E-state index in [0.717, 1.165) is 72.2 Å². The van der Waals surface area contributed by atoms with Gasteiger partial charge in [-0.1, -0.05) is 0 Å². The Morgan fingerprint density at radius 1 is 0.366 bits per heavy atom. The maximum Gasteiger partial charge on any atom is 0.0880 e. The summed E-state index contributed by atoms with van der Waals surface area (Å²) in [5.41, 5.74) is -0.699. The Bertz CT molecular complexity index is 1270. The van der Waals surface area contributed by atoms with Gasteiger partial charge in [-0.3, -0.25) is 14.7 Å². The molecular formula is C58H124N8O5. The van der Waals surface area contributed by atoms with Crippen molar-refractivity contribution in [2.75, 3.05) is 128 Å². The van der Waals surface area contributed by atoms with Crippen molar-refractivity contribution in [2.24, 2.45) is 11.8 Å². The molecule has 426 valence electrons. The van der Waals surface area contributed by atoms with Gasteiger partial charge in [0.25, 0.3) is 0 Å². The van der Waals surface area contributed by atoms with E-state index in [-0.39, 0.29) is 16.6 Å². The summed E-state index contributed by atoms with van der Waals surface area (Å²) in [6.45, 7) is 57.1. The molecule has 13 heteroatoms. The molecule has 71 heavy (non-hydrogen) atoms. The maximum absolute atomic E-state index is 9.92. The smallest absolute Gasteiger partial charge is 0.0880 e. The summed E-state index contributed by atoms with van der Waals surface area (Å²) in [6.07, 6.45) is 5.73. The zero-order chi connectivity index (χ0) is 55.0. The molecule has 0 aromatic carbocycles. The topological polar surface area (TPSA) is 94.1 Å². The quantitative estimate of drug-likeness (QED) is 0.187. The Labute approximate surface area is 442 Å². The van der Waals surface area contributed by atoms with Gasteiger partial charge < -0.3 is 48.9 Å². The number of piperidine rings is 2. The molecule has 0 aliphatic carbocycles. The third kappa shape index (κ3) is 22.9. The first kappa shape index (κ1) is 68.5. The Balaban J connectivity index is 0.000000444. The van der Waals surface area contributed by atoms with E-state index in [1.807, 2.05) is 27.7 Å². The van der Waals surface area contributed by atoms with Crippen molar-refractivity contribution >= 4 is 0 Å². The van der Waals surface area contributed by atoms with Crippen LogP contribution in [0.2, 0.25) is 0 Å². The van der Waals surface area contributed by atoms with E-state index in [1.54, 1.807) is 0 Å². The summed E-state index contributed by atoms with van der Waals surface area (Å²) in [7, 11) is 12.7. The van der Waals surface area contributed by atoms with E-state index in [1.165, 1.54) is 38.8 Å². The van der Waals surface area contributed by atoms with Gasteiger partial charge >= 0.3 is 0 Å². The first-order chi connectivity index (χ1) is 32.4. The highest BCUT2D eigenvalue weighted by atomic mass is 16.5. The van der Waals surface area contributed by atoms with Crippen LogP contribution in [0, 0.1) is 11.8 Å². The minimum Gasteiger partial charge on any atom is -0.390 e. The summed E-state index contributed by atoms with van der Waals surface area (Å²) in [4.78, 5) is 19.2. The lowest BCUT2D eigenvalue weighted by Gasteiger charge is -2.45. The highest BCUT2D eigenvalue weighted by Crippen LogP contribution is 2.30. The number of hydrogen-bond donors (Lipinski definition) is 2. The van der Waals surface area contributed by atoms with Gasteiger partial charge in [0.1, 0.15) is 0 Å². The summed E-state index contributed by atoms with van der Waals surface area (Å²) >= 11 is 0. The standard InChI is InChI=1S/3C12H26N2O.2C11H23NO/c3*1-10(2)14-7-8-15-11(9-14)12(3,4)13(5)6;2*1-9(2)12-7-5-6-10(8-12)11(3,4)13/h3*10-11H,7-9H2,1-6H3;2*9-10,13H,5-8H2,1-4H3/t2*11-;;10-;/m10.1./s1. The van der Waals surface area contributed by atoms with Crippen molar-refractivity contribution in [1.29, 1.82) is 0 Å². The minimum absolute atomic E-state index is 0.105. The molecule has 0 aromatic rings. The molecule has 5 heterocycles. The van der Waals surface area contributed by atoms with Crippen LogP contribution in [0.15, 0.2) is 0 Å².